The van der Waals surface area contributed by atoms with Gasteiger partial charge in [0.1, 0.15) is 27.7 Å². The van der Waals surface area contributed by atoms with Gasteiger partial charge in [-0.05, 0) is 62.2 Å². The van der Waals surface area contributed by atoms with Crippen molar-refractivity contribution in [1.82, 2.24) is 5.01 Å². The minimum absolute atomic E-state index is 0.0211. The number of ether oxygens (including phenoxy) is 1. The first-order chi connectivity index (χ1) is 15.2. The van der Waals surface area contributed by atoms with Crippen LogP contribution in [-0.4, -0.2) is 46.8 Å². The van der Waals surface area contributed by atoms with E-state index < -0.39 is 34.5 Å². The Morgan fingerprint density at radius 2 is 2.03 bits per heavy atom. The normalized spacial score (nSPS) is 19.0. The van der Waals surface area contributed by atoms with Crippen molar-refractivity contribution in [3.8, 4) is 0 Å². The molecule has 0 aromatic heterocycles. The zero-order valence-electron chi connectivity index (χ0n) is 17.5. The second-order valence-electron chi connectivity index (χ2n) is 7.22. The minimum atomic E-state index is -1.22. The zero-order valence-corrected chi connectivity index (χ0v) is 18.4. The monoisotopic (exact) mass is 463 g/mol. The summed E-state index contributed by atoms with van der Waals surface area (Å²) in [5.74, 6) is -2.99. The molecule has 0 saturated heterocycles. The third kappa shape index (κ3) is 4.52. The minimum Gasteiger partial charge on any atom is -0.478 e. The number of amides is 1. The van der Waals surface area contributed by atoms with Crippen LogP contribution in [0.2, 0.25) is 0 Å². The molecule has 1 aliphatic heterocycles. The van der Waals surface area contributed by atoms with Gasteiger partial charge in [0.15, 0.2) is 0 Å². The summed E-state index contributed by atoms with van der Waals surface area (Å²) in [4.78, 5) is 23.6. The lowest BCUT2D eigenvalue weighted by Gasteiger charge is -2.37. The van der Waals surface area contributed by atoms with Crippen LogP contribution in [0.4, 0.5) is 8.78 Å². The van der Waals surface area contributed by atoms with Crippen LogP contribution < -0.4 is 5.73 Å². The highest BCUT2D eigenvalue weighted by Gasteiger charge is 2.49. The van der Waals surface area contributed by atoms with E-state index >= 15 is 0 Å². The number of nitrogens with zero attached hydrogens (tertiary/aromatic N) is 2. The molecule has 7 nitrogen and oxygen atoms in total. The Morgan fingerprint density at radius 3 is 2.69 bits per heavy atom. The standard InChI is InChI=1S/C22H23F2N3O4S/c1-13(31-2)20(28)27-22(9-4-10-25,15-6-3-5-14(11-15)21(29)30)32-19(26-27)17-12-16(23)7-8-18(17)24/h3,5-8,11-13H,4,9-10,25H2,1-2H3,(H,29,30)/t13-,22?/m0/s1. The average Bonchev–Trinajstić information content (AvgIpc) is 3.18. The first-order valence-corrected chi connectivity index (χ1v) is 10.7. The number of carboxylic acids is 1. The number of rotatable bonds is 8. The van der Waals surface area contributed by atoms with Crippen LogP contribution in [0.3, 0.4) is 0 Å². The van der Waals surface area contributed by atoms with Crippen LogP contribution in [0.1, 0.15) is 41.3 Å². The van der Waals surface area contributed by atoms with Gasteiger partial charge in [-0.2, -0.15) is 5.10 Å². The molecular weight excluding hydrogens is 440 g/mol. The van der Waals surface area contributed by atoms with E-state index in [4.69, 9.17) is 10.5 Å². The number of hydrazone groups is 1. The Morgan fingerprint density at radius 1 is 1.28 bits per heavy atom. The number of hydrogen-bond acceptors (Lipinski definition) is 6. The summed E-state index contributed by atoms with van der Waals surface area (Å²) in [6, 6.07) is 9.11. The number of methoxy groups -OCH3 is 1. The summed E-state index contributed by atoms with van der Waals surface area (Å²) in [5, 5.41) is 15.1. The molecule has 1 heterocycles. The maximum atomic E-state index is 14.6. The number of thioether (sulfide) groups is 1. The molecule has 2 aromatic carbocycles. The van der Waals surface area contributed by atoms with Crippen molar-refractivity contribution >= 4 is 28.7 Å². The summed E-state index contributed by atoms with van der Waals surface area (Å²) in [5.41, 5.74) is 6.14. The smallest absolute Gasteiger partial charge is 0.335 e. The lowest BCUT2D eigenvalue weighted by atomic mass is 9.97. The van der Waals surface area contributed by atoms with E-state index in [1.54, 1.807) is 19.1 Å². The van der Waals surface area contributed by atoms with Crippen molar-refractivity contribution in [3.63, 3.8) is 0 Å². The van der Waals surface area contributed by atoms with Gasteiger partial charge in [-0.1, -0.05) is 23.9 Å². The zero-order chi connectivity index (χ0) is 23.5. The maximum absolute atomic E-state index is 14.6. The Labute approximate surface area is 188 Å². The van der Waals surface area contributed by atoms with E-state index in [-0.39, 0.29) is 16.2 Å². The Hall–Kier alpha value is -2.82. The van der Waals surface area contributed by atoms with Gasteiger partial charge in [0.05, 0.1) is 5.56 Å². The van der Waals surface area contributed by atoms with Crippen LogP contribution in [0.15, 0.2) is 47.6 Å². The molecule has 1 aliphatic rings. The van der Waals surface area contributed by atoms with E-state index in [2.05, 4.69) is 5.10 Å². The predicted octanol–water partition coefficient (Wildman–Crippen LogP) is 3.53. The van der Waals surface area contributed by atoms with Gasteiger partial charge in [0.2, 0.25) is 0 Å². The number of carbonyl (C=O) groups is 2. The number of aromatic carboxylic acids is 1. The number of carbonyl (C=O) groups excluding carboxylic acids is 1. The largest absolute Gasteiger partial charge is 0.478 e. The summed E-state index contributed by atoms with van der Waals surface area (Å²) >= 11 is 1.06. The summed E-state index contributed by atoms with van der Waals surface area (Å²) in [7, 11) is 1.37. The Kier molecular flexibility index (Phi) is 7.27. The van der Waals surface area contributed by atoms with Gasteiger partial charge in [0.25, 0.3) is 5.91 Å². The van der Waals surface area contributed by atoms with Crippen molar-refractivity contribution in [2.75, 3.05) is 13.7 Å². The molecular formula is C22H23F2N3O4S. The number of halogens is 2. The van der Waals surface area contributed by atoms with Gasteiger partial charge in [-0.15, -0.1) is 0 Å². The van der Waals surface area contributed by atoms with Crippen LogP contribution in [0, 0.1) is 11.6 Å². The molecule has 0 saturated carbocycles. The second kappa shape index (κ2) is 9.76. The fourth-order valence-electron chi connectivity index (χ4n) is 3.39. The van der Waals surface area contributed by atoms with E-state index in [9.17, 15) is 23.5 Å². The van der Waals surface area contributed by atoms with Crippen LogP contribution in [0.5, 0.6) is 0 Å². The number of carboxylic acid groups (broad SMARTS) is 1. The SMILES string of the molecule is CO[C@@H](C)C(=O)N1N=C(c2cc(F)ccc2F)SC1(CCCN)c1cccc(C(=O)O)c1. The Bertz CT molecular complexity index is 1070. The second-order valence-corrected chi connectivity index (χ2v) is 8.49. The van der Waals surface area contributed by atoms with Crippen molar-refractivity contribution in [2.24, 2.45) is 10.8 Å². The van der Waals surface area contributed by atoms with Crippen LogP contribution >= 0.6 is 11.8 Å². The van der Waals surface area contributed by atoms with Crippen molar-refractivity contribution in [2.45, 2.75) is 30.7 Å². The molecule has 3 N–H and O–H groups in total. The maximum Gasteiger partial charge on any atom is 0.335 e. The van der Waals surface area contributed by atoms with Crippen molar-refractivity contribution in [3.05, 3.63) is 70.8 Å². The number of benzene rings is 2. The van der Waals surface area contributed by atoms with Crippen molar-refractivity contribution < 1.29 is 28.2 Å². The third-order valence-corrected chi connectivity index (χ3v) is 6.59. The van der Waals surface area contributed by atoms with Crippen molar-refractivity contribution in [1.29, 1.82) is 0 Å². The van der Waals surface area contributed by atoms with E-state index in [0.717, 1.165) is 30.0 Å². The molecule has 2 atom stereocenters. The molecule has 2 aromatic rings. The fraction of sp³-hybridized carbons (Fsp3) is 0.318. The highest BCUT2D eigenvalue weighted by Crippen LogP contribution is 2.51. The van der Waals surface area contributed by atoms with E-state index in [0.29, 0.717) is 24.9 Å². The molecule has 1 unspecified atom stereocenters. The molecule has 0 radical (unpaired) electrons. The lowest BCUT2D eigenvalue weighted by Crippen LogP contribution is -2.46. The molecule has 0 fully saturated rings. The average molecular weight is 464 g/mol. The number of nitrogens with two attached hydrogens (primary N) is 1. The predicted molar refractivity (Wildman–Crippen MR) is 117 cm³/mol. The fourth-order valence-corrected chi connectivity index (χ4v) is 4.80. The quantitative estimate of drug-likeness (QED) is 0.621. The van der Waals surface area contributed by atoms with Gasteiger partial charge >= 0.3 is 5.97 Å². The molecule has 170 valence electrons. The summed E-state index contributed by atoms with van der Waals surface area (Å²) < 4.78 is 33.6. The highest BCUT2D eigenvalue weighted by molar-refractivity contribution is 8.15. The van der Waals surface area contributed by atoms with E-state index in [1.807, 2.05) is 0 Å². The molecule has 1 amide bonds. The van der Waals surface area contributed by atoms with E-state index in [1.165, 1.54) is 24.3 Å². The highest BCUT2D eigenvalue weighted by atomic mass is 32.2. The summed E-state index contributed by atoms with van der Waals surface area (Å²) in [6.45, 7) is 1.84. The molecule has 32 heavy (non-hydrogen) atoms. The molecule has 0 bridgehead atoms. The van der Waals surface area contributed by atoms with Crippen LogP contribution in [0.25, 0.3) is 0 Å². The van der Waals surface area contributed by atoms with Gasteiger partial charge < -0.3 is 15.6 Å². The summed E-state index contributed by atoms with van der Waals surface area (Å²) in [6.07, 6.45) is -0.122. The molecule has 0 spiro atoms. The van der Waals surface area contributed by atoms with Gasteiger partial charge in [0, 0.05) is 12.7 Å². The first kappa shape index (κ1) is 23.8. The third-order valence-electron chi connectivity index (χ3n) is 5.15. The molecule has 0 aliphatic carbocycles. The van der Waals surface area contributed by atoms with Gasteiger partial charge in [-0.25, -0.2) is 18.6 Å². The van der Waals surface area contributed by atoms with Gasteiger partial charge in [-0.3, -0.25) is 4.79 Å². The lowest BCUT2D eigenvalue weighted by molar-refractivity contribution is -0.144. The molecule has 10 heteroatoms. The molecule has 3 rings (SSSR count). The number of hydrogen-bond donors (Lipinski definition) is 2. The Balaban J connectivity index is 2.21. The van der Waals surface area contributed by atoms with Crippen LogP contribution in [-0.2, 0) is 14.4 Å². The first-order valence-electron chi connectivity index (χ1n) is 9.87. The topological polar surface area (TPSA) is 105 Å².